The van der Waals surface area contributed by atoms with Crippen LogP contribution in [0.3, 0.4) is 0 Å². The summed E-state index contributed by atoms with van der Waals surface area (Å²) in [7, 11) is 0. The molecule has 18 heavy (non-hydrogen) atoms. The highest BCUT2D eigenvalue weighted by Gasteiger charge is 2.18. The lowest BCUT2D eigenvalue weighted by molar-refractivity contribution is 0.348. The van der Waals surface area contributed by atoms with E-state index in [2.05, 4.69) is 40.1 Å². The van der Waals surface area contributed by atoms with Crippen LogP contribution in [-0.4, -0.2) is 16.1 Å². The highest BCUT2D eigenvalue weighted by Crippen LogP contribution is 2.19. The zero-order chi connectivity index (χ0) is 12.4. The van der Waals surface area contributed by atoms with Crippen molar-refractivity contribution in [3.05, 3.63) is 40.1 Å². The predicted molar refractivity (Wildman–Crippen MR) is 74.8 cm³/mol. The quantitative estimate of drug-likeness (QED) is 0.917. The van der Waals surface area contributed by atoms with Gasteiger partial charge in [-0.3, -0.25) is 0 Å². The van der Waals surface area contributed by atoms with Gasteiger partial charge in [-0.1, -0.05) is 0 Å². The van der Waals surface area contributed by atoms with E-state index in [4.69, 9.17) is 0 Å². The number of nitrogens with zero attached hydrogens (tertiary/aromatic N) is 2. The lowest BCUT2D eigenvalue weighted by atomic mass is 9.99. The number of hydrogen-bond donors (Lipinski definition) is 1. The summed E-state index contributed by atoms with van der Waals surface area (Å²) in [6.07, 6.45) is 6.40. The first-order valence-corrected chi connectivity index (χ1v) is 7.39. The van der Waals surface area contributed by atoms with Crippen LogP contribution in [0.4, 0.5) is 0 Å². The molecule has 3 nitrogen and oxygen atoms in total. The van der Waals surface area contributed by atoms with Gasteiger partial charge in [0.15, 0.2) is 0 Å². The summed E-state index contributed by atoms with van der Waals surface area (Å²) < 4.78 is 2.30. The van der Waals surface area contributed by atoms with Gasteiger partial charge >= 0.3 is 0 Å². The molecule has 1 N–H and O–H groups in total. The molecule has 0 saturated heterocycles. The van der Waals surface area contributed by atoms with Crippen LogP contribution < -0.4 is 5.32 Å². The van der Waals surface area contributed by atoms with Crippen LogP contribution in [0.25, 0.3) is 0 Å². The largest absolute Gasteiger partial charge is 0.335 e. The summed E-state index contributed by atoms with van der Waals surface area (Å²) >= 11 is 1.89. The molecule has 0 fully saturated rings. The number of thiophene rings is 1. The zero-order valence-corrected chi connectivity index (χ0v) is 11.5. The minimum absolute atomic E-state index is 0.743. The molecule has 3 heterocycles. The van der Waals surface area contributed by atoms with Crippen molar-refractivity contribution in [3.63, 3.8) is 0 Å². The van der Waals surface area contributed by atoms with E-state index in [1.54, 1.807) is 0 Å². The maximum Gasteiger partial charge on any atom is 0.108 e. The van der Waals surface area contributed by atoms with Crippen LogP contribution in [0.1, 0.15) is 22.0 Å². The first kappa shape index (κ1) is 11.9. The fourth-order valence-corrected chi connectivity index (χ4v) is 3.44. The summed E-state index contributed by atoms with van der Waals surface area (Å²) in [6.45, 7) is 5.39. The second-order valence-corrected chi connectivity index (χ2v) is 6.42. The SMILES string of the molecule is Cc1ccc(CNCC2CCc3nccn3C2)s1. The molecule has 1 atom stereocenters. The lowest BCUT2D eigenvalue weighted by Gasteiger charge is -2.23. The number of rotatable bonds is 4. The third-order valence-electron chi connectivity index (χ3n) is 3.56. The maximum absolute atomic E-state index is 4.37. The van der Waals surface area contributed by atoms with Crippen LogP contribution in [0.15, 0.2) is 24.5 Å². The Bertz CT molecular complexity index is 515. The summed E-state index contributed by atoms with van der Waals surface area (Å²) in [4.78, 5) is 7.20. The summed E-state index contributed by atoms with van der Waals surface area (Å²) in [6, 6.07) is 4.42. The fourth-order valence-electron chi connectivity index (χ4n) is 2.58. The fraction of sp³-hybridized carbons (Fsp3) is 0.500. The van der Waals surface area contributed by atoms with Crippen LogP contribution >= 0.6 is 11.3 Å². The number of aryl methyl sites for hydroxylation is 2. The average molecular weight is 261 g/mol. The molecule has 2 aromatic heterocycles. The lowest BCUT2D eigenvalue weighted by Crippen LogP contribution is -2.29. The Morgan fingerprint density at radius 2 is 2.44 bits per heavy atom. The maximum atomic E-state index is 4.37. The summed E-state index contributed by atoms with van der Waals surface area (Å²) in [5.74, 6) is 1.99. The molecule has 0 saturated carbocycles. The van der Waals surface area contributed by atoms with Crippen LogP contribution in [-0.2, 0) is 19.5 Å². The topological polar surface area (TPSA) is 29.9 Å². The molecule has 3 rings (SSSR count). The van der Waals surface area contributed by atoms with Crippen molar-refractivity contribution in [2.24, 2.45) is 5.92 Å². The smallest absolute Gasteiger partial charge is 0.108 e. The standard InChI is InChI=1S/C14H19N3S/c1-11-2-4-13(18-11)9-15-8-12-3-5-14-16-6-7-17(14)10-12/h2,4,6-7,12,15H,3,5,8-10H2,1H3. The Balaban J connectivity index is 1.47. The van der Waals surface area contributed by atoms with Crippen LogP contribution in [0.5, 0.6) is 0 Å². The van der Waals surface area contributed by atoms with E-state index in [9.17, 15) is 0 Å². The Kier molecular flexibility index (Phi) is 3.48. The minimum Gasteiger partial charge on any atom is -0.335 e. The molecule has 0 amide bonds. The molecule has 0 spiro atoms. The van der Waals surface area contributed by atoms with E-state index in [0.29, 0.717) is 0 Å². The molecule has 2 aromatic rings. The van der Waals surface area contributed by atoms with Gasteiger partial charge in [0.1, 0.15) is 5.82 Å². The minimum atomic E-state index is 0.743. The van der Waals surface area contributed by atoms with Gasteiger partial charge in [-0.2, -0.15) is 0 Å². The summed E-state index contributed by atoms with van der Waals surface area (Å²) in [5, 5.41) is 3.58. The molecule has 96 valence electrons. The molecule has 1 unspecified atom stereocenters. The van der Waals surface area contributed by atoms with Gasteiger partial charge in [-0.25, -0.2) is 4.98 Å². The van der Waals surface area contributed by atoms with Crippen molar-refractivity contribution in [1.29, 1.82) is 0 Å². The molecule has 1 aliphatic rings. The first-order valence-electron chi connectivity index (χ1n) is 6.57. The van der Waals surface area contributed by atoms with E-state index in [-0.39, 0.29) is 0 Å². The van der Waals surface area contributed by atoms with Gasteiger partial charge in [-0.05, 0) is 31.4 Å². The van der Waals surface area contributed by atoms with E-state index < -0.39 is 0 Å². The normalized spacial score (nSPS) is 18.8. The Morgan fingerprint density at radius 3 is 3.28 bits per heavy atom. The molecule has 0 bridgehead atoms. The predicted octanol–water partition coefficient (Wildman–Crippen LogP) is 2.61. The zero-order valence-electron chi connectivity index (χ0n) is 10.7. The summed E-state index contributed by atoms with van der Waals surface area (Å²) in [5.41, 5.74) is 0. The van der Waals surface area contributed by atoms with E-state index in [1.165, 1.54) is 22.0 Å². The number of nitrogens with one attached hydrogen (secondary N) is 1. The Morgan fingerprint density at radius 1 is 1.50 bits per heavy atom. The highest BCUT2D eigenvalue weighted by molar-refractivity contribution is 7.11. The number of imidazole rings is 1. The van der Waals surface area contributed by atoms with Gasteiger partial charge in [0.05, 0.1) is 0 Å². The molecular formula is C14H19N3S. The molecule has 0 aromatic carbocycles. The number of aromatic nitrogens is 2. The third kappa shape index (κ3) is 2.65. The van der Waals surface area contributed by atoms with Crippen molar-refractivity contribution >= 4 is 11.3 Å². The Labute approximate surface area is 112 Å². The molecule has 0 radical (unpaired) electrons. The van der Waals surface area contributed by atoms with Gasteiger partial charge < -0.3 is 9.88 Å². The molecule has 1 aliphatic heterocycles. The van der Waals surface area contributed by atoms with Crippen molar-refractivity contribution in [3.8, 4) is 0 Å². The van der Waals surface area contributed by atoms with Gasteiger partial charge in [0.2, 0.25) is 0 Å². The molecule has 4 heteroatoms. The van der Waals surface area contributed by atoms with Crippen LogP contribution in [0.2, 0.25) is 0 Å². The third-order valence-corrected chi connectivity index (χ3v) is 4.56. The van der Waals surface area contributed by atoms with Crippen molar-refractivity contribution in [1.82, 2.24) is 14.9 Å². The second-order valence-electron chi connectivity index (χ2n) is 5.04. The average Bonchev–Trinajstić information content (AvgIpc) is 2.97. The van der Waals surface area contributed by atoms with Gasteiger partial charge in [-0.15, -0.1) is 11.3 Å². The van der Waals surface area contributed by atoms with Crippen molar-refractivity contribution in [2.45, 2.75) is 32.9 Å². The molecule has 0 aliphatic carbocycles. The number of fused-ring (bicyclic) bond motifs is 1. The van der Waals surface area contributed by atoms with Crippen molar-refractivity contribution in [2.75, 3.05) is 6.54 Å². The Hall–Kier alpha value is -1.13. The van der Waals surface area contributed by atoms with Gasteiger partial charge in [0, 0.05) is 48.2 Å². The highest BCUT2D eigenvalue weighted by atomic mass is 32.1. The second kappa shape index (κ2) is 5.24. The van der Waals surface area contributed by atoms with E-state index in [1.807, 2.05) is 17.5 Å². The monoisotopic (exact) mass is 261 g/mol. The van der Waals surface area contributed by atoms with Crippen molar-refractivity contribution < 1.29 is 0 Å². The molecular weight excluding hydrogens is 242 g/mol. The van der Waals surface area contributed by atoms with E-state index in [0.717, 1.165) is 32.0 Å². The van der Waals surface area contributed by atoms with E-state index >= 15 is 0 Å². The first-order chi connectivity index (χ1) is 8.81. The van der Waals surface area contributed by atoms with Gasteiger partial charge in [0.25, 0.3) is 0 Å². The van der Waals surface area contributed by atoms with Crippen LogP contribution in [0, 0.1) is 12.8 Å². The number of hydrogen-bond acceptors (Lipinski definition) is 3.